The normalized spacial score (nSPS) is 11.1. The van der Waals surface area contributed by atoms with Crippen molar-refractivity contribution in [2.75, 3.05) is 0 Å². The van der Waals surface area contributed by atoms with Crippen LogP contribution in [0.15, 0.2) is 18.7 Å². The van der Waals surface area contributed by atoms with E-state index >= 15 is 0 Å². The highest BCUT2D eigenvalue weighted by Gasteiger charge is 2.18. The molecule has 0 bridgehead atoms. The highest BCUT2D eigenvalue weighted by atomic mass is 16.3. The Hall–Kier alpha value is -1.91. The molecule has 5 nitrogen and oxygen atoms in total. The molecule has 0 aliphatic carbocycles. The third-order valence-electron chi connectivity index (χ3n) is 3.98. The number of hydrogen-bond acceptors (Lipinski definition) is 3. The summed E-state index contributed by atoms with van der Waals surface area (Å²) in [4.78, 5) is 4.01. The summed E-state index contributed by atoms with van der Waals surface area (Å²) >= 11 is 0. The molecule has 116 valence electrons. The molecule has 2 heterocycles. The number of imidazole rings is 1. The molecule has 0 atom stereocenters. The van der Waals surface area contributed by atoms with Gasteiger partial charge >= 0.3 is 0 Å². The van der Waals surface area contributed by atoms with Crippen LogP contribution in [-0.4, -0.2) is 24.3 Å². The molecule has 2 aromatic heterocycles. The van der Waals surface area contributed by atoms with Gasteiger partial charge in [-0.25, -0.2) is 4.98 Å². The smallest absolute Gasteiger partial charge is 0.235 e. The van der Waals surface area contributed by atoms with E-state index < -0.39 is 0 Å². The van der Waals surface area contributed by atoms with E-state index in [1.165, 1.54) is 0 Å². The van der Waals surface area contributed by atoms with Crippen molar-refractivity contribution in [3.05, 3.63) is 30.0 Å². The number of hydrogen-bond donors (Lipinski definition) is 2. The summed E-state index contributed by atoms with van der Waals surface area (Å²) in [5.41, 5.74) is 1.87. The molecule has 0 saturated heterocycles. The predicted octanol–water partition coefficient (Wildman–Crippen LogP) is 3.23. The second kappa shape index (κ2) is 7.20. The highest BCUT2D eigenvalue weighted by Crippen LogP contribution is 2.36. The van der Waals surface area contributed by atoms with Gasteiger partial charge in [0.1, 0.15) is 0 Å². The first kappa shape index (κ1) is 15.5. The largest absolute Gasteiger partial charge is 0.503 e. The molecule has 0 saturated carbocycles. The van der Waals surface area contributed by atoms with Crippen LogP contribution in [0.25, 0.3) is 0 Å². The van der Waals surface area contributed by atoms with E-state index in [1.807, 2.05) is 22.3 Å². The number of aryl methyl sites for hydroxylation is 1. The summed E-state index contributed by atoms with van der Waals surface area (Å²) in [6.07, 6.45) is 10.5. The van der Waals surface area contributed by atoms with Gasteiger partial charge in [0, 0.05) is 36.7 Å². The molecule has 0 radical (unpaired) electrons. The first-order valence-corrected chi connectivity index (χ1v) is 7.70. The van der Waals surface area contributed by atoms with E-state index in [0.717, 1.165) is 49.9 Å². The molecule has 21 heavy (non-hydrogen) atoms. The Morgan fingerprint density at radius 2 is 1.95 bits per heavy atom. The fourth-order valence-electron chi connectivity index (χ4n) is 2.71. The lowest BCUT2D eigenvalue weighted by atomic mass is 10.1. The highest BCUT2D eigenvalue weighted by molar-refractivity contribution is 5.46. The van der Waals surface area contributed by atoms with Crippen LogP contribution in [-0.2, 0) is 19.5 Å². The topological polar surface area (TPSA) is 63.2 Å². The van der Waals surface area contributed by atoms with Crippen LogP contribution in [0.2, 0.25) is 0 Å². The maximum Gasteiger partial charge on any atom is 0.235 e. The number of aromatic nitrogens is 3. The summed E-state index contributed by atoms with van der Waals surface area (Å²) in [6, 6.07) is 0. The van der Waals surface area contributed by atoms with Crippen LogP contribution in [0, 0.1) is 6.92 Å². The lowest BCUT2D eigenvalue weighted by Gasteiger charge is -2.08. The molecule has 0 aliphatic heterocycles. The standard InChI is InChI=1S/C16H25N3O2/c1-3-4-5-7-14-13(2)19(16(21)15(14)20)10-6-9-18-11-8-17-12-18/h8,11-12,20-21H,3-7,9-10H2,1-2H3. The number of unbranched alkanes of at least 4 members (excludes halogenated alkanes) is 2. The van der Waals surface area contributed by atoms with Gasteiger partial charge in [0.15, 0.2) is 5.75 Å². The summed E-state index contributed by atoms with van der Waals surface area (Å²) in [6.45, 7) is 5.67. The molecule has 0 spiro atoms. The van der Waals surface area contributed by atoms with Crippen molar-refractivity contribution in [2.45, 2.75) is 59.0 Å². The van der Waals surface area contributed by atoms with Crippen LogP contribution in [0.3, 0.4) is 0 Å². The van der Waals surface area contributed by atoms with Crippen molar-refractivity contribution >= 4 is 0 Å². The van der Waals surface area contributed by atoms with Crippen molar-refractivity contribution in [1.82, 2.24) is 14.1 Å². The third-order valence-corrected chi connectivity index (χ3v) is 3.98. The number of aromatic hydroxyl groups is 2. The lowest BCUT2D eigenvalue weighted by Crippen LogP contribution is -2.04. The lowest BCUT2D eigenvalue weighted by molar-refractivity contribution is 0.365. The Kier molecular flexibility index (Phi) is 5.31. The molecule has 2 N–H and O–H groups in total. The van der Waals surface area contributed by atoms with Crippen molar-refractivity contribution in [3.63, 3.8) is 0 Å². The SMILES string of the molecule is CCCCCc1c(O)c(O)n(CCCn2ccnc2)c1C. The van der Waals surface area contributed by atoms with E-state index in [2.05, 4.69) is 11.9 Å². The van der Waals surface area contributed by atoms with Crippen LogP contribution in [0.5, 0.6) is 11.6 Å². The Morgan fingerprint density at radius 1 is 1.14 bits per heavy atom. The van der Waals surface area contributed by atoms with Gasteiger partial charge in [0.25, 0.3) is 0 Å². The molecule has 0 amide bonds. The van der Waals surface area contributed by atoms with E-state index in [4.69, 9.17) is 0 Å². The summed E-state index contributed by atoms with van der Waals surface area (Å²) in [5.74, 6) is 0.0656. The van der Waals surface area contributed by atoms with Gasteiger partial charge in [-0.3, -0.25) is 0 Å². The monoisotopic (exact) mass is 291 g/mol. The molecule has 2 aromatic rings. The zero-order valence-corrected chi connectivity index (χ0v) is 12.9. The molecular formula is C16H25N3O2. The Morgan fingerprint density at radius 3 is 2.62 bits per heavy atom. The van der Waals surface area contributed by atoms with Gasteiger partial charge < -0.3 is 19.3 Å². The Labute approximate surface area is 125 Å². The first-order valence-electron chi connectivity index (χ1n) is 7.70. The second-order valence-corrected chi connectivity index (χ2v) is 5.50. The Bertz CT molecular complexity index is 559. The van der Waals surface area contributed by atoms with Crippen LogP contribution in [0.1, 0.15) is 43.9 Å². The van der Waals surface area contributed by atoms with Crippen molar-refractivity contribution in [3.8, 4) is 11.6 Å². The van der Waals surface area contributed by atoms with Gasteiger partial charge in [0.05, 0.1) is 6.33 Å². The molecule has 0 unspecified atom stereocenters. The summed E-state index contributed by atoms with van der Waals surface area (Å²) < 4.78 is 3.82. The van der Waals surface area contributed by atoms with Gasteiger partial charge in [-0.1, -0.05) is 19.8 Å². The fraction of sp³-hybridized carbons (Fsp3) is 0.562. The quantitative estimate of drug-likeness (QED) is 0.734. The number of rotatable bonds is 8. The molecule has 0 aliphatic rings. The number of nitrogens with zero attached hydrogens (tertiary/aromatic N) is 3. The van der Waals surface area contributed by atoms with E-state index in [0.29, 0.717) is 6.54 Å². The van der Waals surface area contributed by atoms with E-state index in [-0.39, 0.29) is 11.6 Å². The molecular weight excluding hydrogens is 266 g/mol. The zero-order valence-electron chi connectivity index (χ0n) is 12.9. The average Bonchev–Trinajstić information content (AvgIpc) is 3.05. The van der Waals surface area contributed by atoms with Crippen molar-refractivity contribution in [2.24, 2.45) is 0 Å². The molecule has 0 fully saturated rings. The minimum atomic E-state index is 0.00429. The molecule has 0 aromatic carbocycles. The molecule has 5 heteroatoms. The van der Waals surface area contributed by atoms with Gasteiger partial charge in [0.2, 0.25) is 5.88 Å². The molecule has 2 rings (SSSR count). The first-order chi connectivity index (χ1) is 10.1. The predicted molar refractivity (Wildman–Crippen MR) is 82.6 cm³/mol. The zero-order chi connectivity index (χ0) is 15.2. The van der Waals surface area contributed by atoms with Crippen LogP contribution in [0.4, 0.5) is 0 Å². The van der Waals surface area contributed by atoms with Crippen molar-refractivity contribution in [1.29, 1.82) is 0 Å². The second-order valence-electron chi connectivity index (χ2n) is 5.50. The Balaban J connectivity index is 2.00. The van der Waals surface area contributed by atoms with E-state index in [9.17, 15) is 10.2 Å². The average molecular weight is 291 g/mol. The van der Waals surface area contributed by atoms with Crippen LogP contribution >= 0.6 is 0 Å². The van der Waals surface area contributed by atoms with Gasteiger partial charge in [-0.2, -0.15) is 0 Å². The fourth-order valence-corrected chi connectivity index (χ4v) is 2.71. The maximum absolute atomic E-state index is 10.1. The minimum absolute atomic E-state index is 0.00429. The van der Waals surface area contributed by atoms with E-state index in [1.54, 1.807) is 12.5 Å². The summed E-state index contributed by atoms with van der Waals surface area (Å²) in [7, 11) is 0. The van der Waals surface area contributed by atoms with Gasteiger partial charge in [-0.15, -0.1) is 0 Å². The van der Waals surface area contributed by atoms with Gasteiger partial charge in [-0.05, 0) is 26.2 Å². The minimum Gasteiger partial charge on any atom is -0.503 e. The maximum atomic E-state index is 10.1. The summed E-state index contributed by atoms with van der Waals surface area (Å²) in [5, 5.41) is 20.2. The third kappa shape index (κ3) is 3.60. The van der Waals surface area contributed by atoms with Crippen molar-refractivity contribution < 1.29 is 10.2 Å². The van der Waals surface area contributed by atoms with Crippen LogP contribution < -0.4 is 0 Å².